The molecule has 106 valence electrons. The lowest BCUT2D eigenvalue weighted by atomic mass is 10.1. The van der Waals surface area contributed by atoms with Crippen LogP contribution in [0, 0.1) is 0 Å². The maximum absolute atomic E-state index is 11.7. The highest BCUT2D eigenvalue weighted by Gasteiger charge is 2.06. The molecule has 0 atom stereocenters. The number of hydrogen-bond donors (Lipinski definition) is 0. The van der Waals surface area contributed by atoms with Gasteiger partial charge in [0.15, 0.2) is 0 Å². The summed E-state index contributed by atoms with van der Waals surface area (Å²) in [7, 11) is 0. The van der Waals surface area contributed by atoms with Crippen molar-refractivity contribution >= 4 is 16.9 Å². The van der Waals surface area contributed by atoms with Gasteiger partial charge in [-0.2, -0.15) is 0 Å². The molecule has 0 aliphatic heterocycles. The summed E-state index contributed by atoms with van der Waals surface area (Å²) in [5, 5.41) is 1.05. The van der Waals surface area contributed by atoms with Gasteiger partial charge in [0.2, 0.25) is 5.88 Å². The number of hydrogen-bond acceptors (Lipinski definition) is 3. The SMILES string of the molecule is CCCCCCCC(=O)Oc1ccc2ccccc2n1. The maximum atomic E-state index is 11.7. The largest absolute Gasteiger partial charge is 0.407 e. The Morgan fingerprint density at radius 1 is 1.05 bits per heavy atom. The highest BCUT2D eigenvalue weighted by atomic mass is 16.5. The van der Waals surface area contributed by atoms with E-state index in [1.165, 1.54) is 19.3 Å². The fourth-order valence-corrected chi connectivity index (χ4v) is 2.14. The van der Waals surface area contributed by atoms with E-state index in [1.807, 2.05) is 30.3 Å². The van der Waals surface area contributed by atoms with Gasteiger partial charge in [0.1, 0.15) is 0 Å². The standard InChI is InChI=1S/C17H21NO2/c1-2-3-4-5-6-11-17(19)20-16-13-12-14-9-7-8-10-15(14)18-16/h7-10,12-13H,2-6,11H2,1H3. The van der Waals surface area contributed by atoms with E-state index in [9.17, 15) is 4.79 Å². The first kappa shape index (κ1) is 14.5. The first-order valence-corrected chi connectivity index (χ1v) is 7.36. The second-order valence-electron chi connectivity index (χ2n) is 4.98. The fraction of sp³-hybridized carbons (Fsp3) is 0.412. The molecule has 0 unspecified atom stereocenters. The van der Waals surface area contributed by atoms with Gasteiger partial charge in [-0.1, -0.05) is 50.8 Å². The average Bonchev–Trinajstić information content (AvgIpc) is 2.47. The number of carbonyl (C=O) groups is 1. The summed E-state index contributed by atoms with van der Waals surface area (Å²) in [5.41, 5.74) is 0.848. The predicted octanol–water partition coefficient (Wildman–Crippen LogP) is 4.50. The van der Waals surface area contributed by atoms with Crippen LogP contribution in [0.15, 0.2) is 36.4 Å². The van der Waals surface area contributed by atoms with E-state index in [0.717, 1.165) is 23.7 Å². The minimum Gasteiger partial charge on any atom is -0.407 e. The van der Waals surface area contributed by atoms with Crippen molar-refractivity contribution in [2.45, 2.75) is 45.4 Å². The quantitative estimate of drug-likeness (QED) is 0.549. The van der Waals surface area contributed by atoms with Crippen LogP contribution in [0.2, 0.25) is 0 Å². The van der Waals surface area contributed by atoms with Gasteiger partial charge < -0.3 is 4.74 Å². The maximum Gasteiger partial charge on any atom is 0.312 e. The normalized spacial score (nSPS) is 10.7. The Kier molecular flexibility index (Phi) is 5.54. The molecule has 1 aromatic carbocycles. The molecule has 2 rings (SSSR count). The van der Waals surface area contributed by atoms with Gasteiger partial charge >= 0.3 is 5.97 Å². The number of aromatic nitrogens is 1. The van der Waals surface area contributed by atoms with Crippen LogP contribution in [0.25, 0.3) is 10.9 Å². The molecular weight excluding hydrogens is 250 g/mol. The zero-order valence-electron chi connectivity index (χ0n) is 12.0. The van der Waals surface area contributed by atoms with E-state index < -0.39 is 0 Å². The van der Waals surface area contributed by atoms with Crippen molar-refractivity contribution in [3.05, 3.63) is 36.4 Å². The Morgan fingerprint density at radius 3 is 2.70 bits per heavy atom. The minimum absolute atomic E-state index is 0.190. The van der Waals surface area contributed by atoms with Gasteiger partial charge in [-0.3, -0.25) is 4.79 Å². The third-order valence-corrected chi connectivity index (χ3v) is 3.28. The van der Waals surface area contributed by atoms with Crippen LogP contribution in [-0.4, -0.2) is 11.0 Å². The summed E-state index contributed by atoms with van der Waals surface area (Å²) in [4.78, 5) is 16.0. The molecule has 0 radical (unpaired) electrons. The van der Waals surface area contributed by atoms with Crippen molar-refractivity contribution in [3.63, 3.8) is 0 Å². The van der Waals surface area contributed by atoms with Crippen molar-refractivity contribution < 1.29 is 9.53 Å². The number of para-hydroxylation sites is 1. The molecule has 0 saturated heterocycles. The zero-order valence-corrected chi connectivity index (χ0v) is 12.0. The van der Waals surface area contributed by atoms with Gasteiger partial charge in [0, 0.05) is 17.9 Å². The molecule has 1 aromatic heterocycles. The van der Waals surface area contributed by atoms with E-state index in [2.05, 4.69) is 11.9 Å². The summed E-state index contributed by atoms with van der Waals surface area (Å²) >= 11 is 0. The van der Waals surface area contributed by atoms with Crippen LogP contribution in [0.5, 0.6) is 5.88 Å². The first-order valence-electron chi connectivity index (χ1n) is 7.36. The van der Waals surface area contributed by atoms with Crippen molar-refractivity contribution in [2.75, 3.05) is 0 Å². The molecule has 3 nitrogen and oxygen atoms in total. The molecule has 0 aliphatic carbocycles. The van der Waals surface area contributed by atoms with Crippen LogP contribution in [0.4, 0.5) is 0 Å². The van der Waals surface area contributed by atoms with E-state index in [4.69, 9.17) is 4.74 Å². The van der Waals surface area contributed by atoms with Crippen LogP contribution in [-0.2, 0) is 4.79 Å². The number of pyridine rings is 1. The second-order valence-corrected chi connectivity index (χ2v) is 4.98. The van der Waals surface area contributed by atoms with E-state index in [1.54, 1.807) is 6.07 Å². The molecule has 2 aromatic rings. The summed E-state index contributed by atoms with van der Waals surface area (Å²) in [6.45, 7) is 2.18. The summed E-state index contributed by atoms with van der Waals surface area (Å²) in [6.07, 6.45) is 6.10. The Bertz CT molecular complexity index is 566. The smallest absolute Gasteiger partial charge is 0.312 e. The summed E-state index contributed by atoms with van der Waals surface area (Å²) in [6, 6.07) is 11.5. The molecule has 0 fully saturated rings. The lowest BCUT2D eigenvalue weighted by molar-refractivity contribution is -0.134. The molecule has 0 aliphatic rings. The van der Waals surface area contributed by atoms with Crippen LogP contribution in [0.3, 0.4) is 0 Å². The fourth-order valence-electron chi connectivity index (χ4n) is 2.14. The first-order chi connectivity index (χ1) is 9.79. The minimum atomic E-state index is -0.190. The van der Waals surface area contributed by atoms with Gasteiger partial charge in [-0.25, -0.2) is 4.98 Å². The molecule has 0 bridgehead atoms. The number of unbranched alkanes of at least 4 members (excludes halogenated alkanes) is 4. The van der Waals surface area contributed by atoms with Crippen LogP contribution in [0.1, 0.15) is 45.4 Å². The number of nitrogens with zero attached hydrogens (tertiary/aromatic N) is 1. The van der Waals surface area contributed by atoms with Gasteiger partial charge in [-0.05, 0) is 18.6 Å². The summed E-state index contributed by atoms with van der Waals surface area (Å²) in [5.74, 6) is 0.200. The molecule has 0 N–H and O–H groups in total. The van der Waals surface area contributed by atoms with Gasteiger partial charge in [-0.15, -0.1) is 0 Å². The number of ether oxygens (including phenoxy) is 1. The van der Waals surface area contributed by atoms with Crippen LogP contribution < -0.4 is 4.74 Å². The van der Waals surface area contributed by atoms with E-state index >= 15 is 0 Å². The molecule has 0 amide bonds. The van der Waals surface area contributed by atoms with E-state index in [0.29, 0.717) is 12.3 Å². The highest BCUT2D eigenvalue weighted by Crippen LogP contribution is 2.16. The Morgan fingerprint density at radius 2 is 1.85 bits per heavy atom. The molecule has 0 spiro atoms. The summed E-state index contributed by atoms with van der Waals surface area (Å²) < 4.78 is 5.28. The average molecular weight is 271 g/mol. The number of rotatable bonds is 7. The van der Waals surface area contributed by atoms with Gasteiger partial charge in [0.05, 0.1) is 5.52 Å². The van der Waals surface area contributed by atoms with Crippen molar-refractivity contribution in [1.82, 2.24) is 4.98 Å². The topological polar surface area (TPSA) is 39.2 Å². The molecule has 20 heavy (non-hydrogen) atoms. The molecule has 3 heteroatoms. The molecule has 0 saturated carbocycles. The lowest BCUT2D eigenvalue weighted by Crippen LogP contribution is -2.08. The van der Waals surface area contributed by atoms with E-state index in [-0.39, 0.29) is 5.97 Å². The highest BCUT2D eigenvalue weighted by molar-refractivity contribution is 5.79. The zero-order chi connectivity index (χ0) is 14.2. The molecular formula is C17H21NO2. The Hall–Kier alpha value is -1.90. The predicted molar refractivity (Wildman–Crippen MR) is 80.8 cm³/mol. The number of carbonyl (C=O) groups excluding carboxylic acids is 1. The number of benzene rings is 1. The van der Waals surface area contributed by atoms with Gasteiger partial charge in [0.25, 0.3) is 0 Å². The Labute approximate surface area is 120 Å². The third kappa shape index (κ3) is 4.34. The Balaban J connectivity index is 1.83. The third-order valence-electron chi connectivity index (χ3n) is 3.28. The lowest BCUT2D eigenvalue weighted by Gasteiger charge is -2.04. The second kappa shape index (κ2) is 7.63. The van der Waals surface area contributed by atoms with Crippen molar-refractivity contribution in [2.24, 2.45) is 0 Å². The van der Waals surface area contributed by atoms with Crippen LogP contribution >= 0.6 is 0 Å². The van der Waals surface area contributed by atoms with Crippen molar-refractivity contribution in [3.8, 4) is 5.88 Å². The number of esters is 1. The number of fused-ring (bicyclic) bond motifs is 1. The monoisotopic (exact) mass is 271 g/mol. The van der Waals surface area contributed by atoms with Crippen molar-refractivity contribution in [1.29, 1.82) is 0 Å². The molecule has 1 heterocycles.